The van der Waals surface area contributed by atoms with Gasteiger partial charge in [-0.25, -0.2) is 0 Å². The van der Waals surface area contributed by atoms with Gasteiger partial charge in [0, 0.05) is 12.5 Å². The fourth-order valence-corrected chi connectivity index (χ4v) is 3.67. The van der Waals surface area contributed by atoms with E-state index in [0.29, 0.717) is 5.56 Å². The molecule has 3 aromatic rings. The van der Waals surface area contributed by atoms with E-state index in [1.165, 1.54) is 12.1 Å². The topological polar surface area (TPSA) is 114 Å². The standard InChI is InChI=1S/C19H17O7P/c1-11-8-9-15-14(10-11)16(21)19(27(22,23)24)18(26-15)17(25-12(2)20)13-6-4-3-5-7-13/h3-10,17H,1-2H3,(H2,22,23,24). The lowest BCUT2D eigenvalue weighted by Crippen LogP contribution is -2.31. The third-order valence-corrected chi connectivity index (χ3v) is 4.97. The van der Waals surface area contributed by atoms with Crippen molar-refractivity contribution in [1.29, 1.82) is 0 Å². The molecular weight excluding hydrogens is 371 g/mol. The summed E-state index contributed by atoms with van der Waals surface area (Å²) in [6.45, 7) is 2.91. The van der Waals surface area contributed by atoms with Crippen LogP contribution in [0.15, 0.2) is 57.7 Å². The summed E-state index contributed by atoms with van der Waals surface area (Å²) in [6, 6.07) is 13.0. The number of hydrogen-bond donors (Lipinski definition) is 2. The highest BCUT2D eigenvalue weighted by Gasteiger charge is 2.35. The maximum atomic E-state index is 12.9. The molecule has 140 valence electrons. The van der Waals surface area contributed by atoms with E-state index in [9.17, 15) is 23.9 Å². The normalized spacial score (nSPS) is 12.7. The number of ether oxygens (including phenoxy) is 1. The van der Waals surface area contributed by atoms with Crippen molar-refractivity contribution < 1.29 is 28.3 Å². The Bertz CT molecular complexity index is 1110. The third kappa shape index (κ3) is 3.85. The fourth-order valence-electron chi connectivity index (χ4n) is 2.84. The van der Waals surface area contributed by atoms with Crippen LogP contribution >= 0.6 is 7.60 Å². The average molecular weight is 388 g/mol. The van der Waals surface area contributed by atoms with Gasteiger partial charge >= 0.3 is 13.6 Å². The molecule has 1 atom stereocenters. The van der Waals surface area contributed by atoms with Crippen molar-refractivity contribution in [3.63, 3.8) is 0 Å². The SMILES string of the molecule is CC(=O)OC(c1ccccc1)c1oc2ccc(C)cc2c(=O)c1P(=O)(O)O. The lowest BCUT2D eigenvalue weighted by molar-refractivity contribution is -0.145. The zero-order chi connectivity index (χ0) is 19.8. The van der Waals surface area contributed by atoms with E-state index in [2.05, 4.69) is 0 Å². The second-order valence-electron chi connectivity index (χ2n) is 6.09. The van der Waals surface area contributed by atoms with E-state index in [0.717, 1.165) is 12.5 Å². The average Bonchev–Trinajstić information content (AvgIpc) is 2.59. The van der Waals surface area contributed by atoms with Gasteiger partial charge in [0.1, 0.15) is 5.58 Å². The van der Waals surface area contributed by atoms with Gasteiger partial charge in [0.2, 0.25) is 5.43 Å². The van der Waals surface area contributed by atoms with Gasteiger partial charge in [0.05, 0.1) is 5.39 Å². The lowest BCUT2D eigenvalue weighted by atomic mass is 10.1. The summed E-state index contributed by atoms with van der Waals surface area (Å²) in [6.07, 6.45) is -1.27. The molecule has 3 rings (SSSR count). The second kappa shape index (κ2) is 7.12. The van der Waals surface area contributed by atoms with E-state index in [4.69, 9.17) is 9.15 Å². The molecule has 0 spiro atoms. The van der Waals surface area contributed by atoms with Crippen molar-refractivity contribution in [2.24, 2.45) is 0 Å². The molecule has 0 aliphatic heterocycles. The maximum absolute atomic E-state index is 12.9. The first-order chi connectivity index (χ1) is 12.7. The molecule has 27 heavy (non-hydrogen) atoms. The summed E-state index contributed by atoms with van der Waals surface area (Å²) in [4.78, 5) is 44.1. The predicted molar refractivity (Wildman–Crippen MR) is 99.0 cm³/mol. The predicted octanol–water partition coefficient (Wildman–Crippen LogP) is 2.56. The number of carbonyl (C=O) groups excluding carboxylic acids is 1. The van der Waals surface area contributed by atoms with Gasteiger partial charge in [-0.2, -0.15) is 0 Å². The van der Waals surface area contributed by atoms with Crippen LogP contribution in [-0.4, -0.2) is 15.8 Å². The van der Waals surface area contributed by atoms with Gasteiger partial charge in [0.15, 0.2) is 17.2 Å². The third-order valence-electron chi connectivity index (χ3n) is 3.96. The first-order valence-corrected chi connectivity index (χ1v) is 9.65. The molecule has 2 aromatic carbocycles. The number of carbonyl (C=O) groups is 1. The molecule has 0 aliphatic carbocycles. The van der Waals surface area contributed by atoms with Crippen LogP contribution in [0.1, 0.15) is 29.9 Å². The number of esters is 1. The van der Waals surface area contributed by atoms with E-state index in [-0.39, 0.29) is 16.7 Å². The number of benzene rings is 2. The quantitative estimate of drug-likeness (QED) is 0.521. The maximum Gasteiger partial charge on any atom is 0.363 e. The van der Waals surface area contributed by atoms with Crippen LogP contribution in [0.4, 0.5) is 0 Å². The molecule has 1 heterocycles. The van der Waals surface area contributed by atoms with Crippen LogP contribution in [0.5, 0.6) is 0 Å². The molecular formula is C19H17O7P. The number of hydrogen-bond acceptors (Lipinski definition) is 5. The van der Waals surface area contributed by atoms with Crippen molar-refractivity contribution in [2.45, 2.75) is 20.0 Å². The molecule has 0 amide bonds. The summed E-state index contributed by atoms with van der Waals surface area (Å²) in [5.41, 5.74) is 0.443. The Balaban J connectivity index is 2.40. The molecule has 8 heteroatoms. The van der Waals surface area contributed by atoms with Crippen LogP contribution in [0.25, 0.3) is 11.0 Å². The van der Waals surface area contributed by atoms with Crippen LogP contribution in [-0.2, 0) is 14.1 Å². The Kier molecular flexibility index (Phi) is 5.02. The summed E-state index contributed by atoms with van der Waals surface area (Å²) in [5.74, 6) is -1.07. The van der Waals surface area contributed by atoms with Crippen molar-refractivity contribution in [1.82, 2.24) is 0 Å². The van der Waals surface area contributed by atoms with E-state index >= 15 is 0 Å². The van der Waals surface area contributed by atoms with E-state index in [1.807, 2.05) is 0 Å². The highest BCUT2D eigenvalue weighted by atomic mass is 31.2. The van der Waals surface area contributed by atoms with Crippen molar-refractivity contribution in [3.05, 3.63) is 75.6 Å². The highest BCUT2D eigenvalue weighted by Crippen LogP contribution is 2.38. The van der Waals surface area contributed by atoms with Gasteiger partial charge in [-0.3, -0.25) is 14.2 Å². The minimum atomic E-state index is -5.03. The number of fused-ring (bicyclic) bond motifs is 1. The van der Waals surface area contributed by atoms with Crippen LogP contribution in [0.2, 0.25) is 0 Å². The molecule has 0 saturated heterocycles. The van der Waals surface area contributed by atoms with E-state index in [1.54, 1.807) is 43.3 Å². The van der Waals surface area contributed by atoms with Crippen molar-refractivity contribution in [3.8, 4) is 0 Å². The second-order valence-corrected chi connectivity index (χ2v) is 7.62. The first kappa shape index (κ1) is 19.0. The summed E-state index contributed by atoms with van der Waals surface area (Å²) in [7, 11) is -5.03. The van der Waals surface area contributed by atoms with Gasteiger partial charge < -0.3 is 18.9 Å². The Labute approximate surface area is 154 Å². The highest BCUT2D eigenvalue weighted by molar-refractivity contribution is 7.60. The van der Waals surface area contributed by atoms with Crippen molar-refractivity contribution in [2.75, 3.05) is 0 Å². The number of aryl methyl sites for hydroxylation is 1. The van der Waals surface area contributed by atoms with Crippen molar-refractivity contribution >= 4 is 29.8 Å². The molecule has 0 radical (unpaired) electrons. The molecule has 0 saturated carbocycles. The largest absolute Gasteiger partial charge is 0.455 e. The molecule has 1 aromatic heterocycles. The zero-order valence-corrected chi connectivity index (χ0v) is 15.5. The Morgan fingerprint density at radius 1 is 1.15 bits per heavy atom. The van der Waals surface area contributed by atoms with Gasteiger partial charge in [-0.05, 0) is 19.1 Å². The molecule has 0 bridgehead atoms. The Hall–Kier alpha value is -2.73. The first-order valence-electron chi connectivity index (χ1n) is 8.04. The minimum Gasteiger partial charge on any atom is -0.455 e. The molecule has 7 nitrogen and oxygen atoms in total. The summed E-state index contributed by atoms with van der Waals surface area (Å²) < 4.78 is 23.1. The molecule has 0 aliphatic rings. The smallest absolute Gasteiger partial charge is 0.363 e. The van der Waals surface area contributed by atoms with Crippen LogP contribution in [0, 0.1) is 6.92 Å². The summed E-state index contributed by atoms with van der Waals surface area (Å²) >= 11 is 0. The van der Waals surface area contributed by atoms with Crippen LogP contribution in [0.3, 0.4) is 0 Å². The van der Waals surface area contributed by atoms with Gasteiger partial charge in [-0.15, -0.1) is 0 Å². The molecule has 1 unspecified atom stereocenters. The van der Waals surface area contributed by atoms with Gasteiger partial charge in [-0.1, -0.05) is 42.0 Å². The Morgan fingerprint density at radius 3 is 2.41 bits per heavy atom. The molecule has 2 N–H and O–H groups in total. The zero-order valence-electron chi connectivity index (χ0n) is 14.6. The number of rotatable bonds is 4. The monoisotopic (exact) mass is 388 g/mol. The summed E-state index contributed by atoms with van der Waals surface area (Å²) in [5, 5.41) is -0.762. The van der Waals surface area contributed by atoms with E-state index < -0.39 is 30.4 Å². The fraction of sp³-hybridized carbons (Fsp3) is 0.158. The van der Waals surface area contributed by atoms with Gasteiger partial charge in [0.25, 0.3) is 0 Å². The lowest BCUT2D eigenvalue weighted by Gasteiger charge is -2.20. The molecule has 0 fully saturated rings. The van der Waals surface area contributed by atoms with Crippen LogP contribution < -0.4 is 10.7 Å². The Morgan fingerprint density at radius 2 is 1.81 bits per heavy atom. The minimum absolute atomic E-state index is 0.0479.